The molecule has 0 fully saturated rings. The maximum Gasteiger partial charge on any atom is 0.245 e. The van der Waals surface area contributed by atoms with Gasteiger partial charge in [0.25, 0.3) is 0 Å². The maximum absolute atomic E-state index is 12.9. The molecule has 0 atom stereocenters. The topological polar surface area (TPSA) is 84.9 Å². The molecule has 4 rings (SSSR count). The van der Waals surface area contributed by atoms with Crippen LogP contribution in [0.4, 0.5) is 11.4 Å². The molecule has 0 aliphatic carbocycles. The van der Waals surface area contributed by atoms with Gasteiger partial charge in [-0.2, -0.15) is 0 Å². The monoisotopic (exact) mass is 502 g/mol. The summed E-state index contributed by atoms with van der Waals surface area (Å²) in [6.45, 7) is -0.00836. The summed E-state index contributed by atoms with van der Waals surface area (Å²) in [5.74, 6) is 1.15. The Morgan fingerprint density at radius 2 is 1.39 bits per heavy atom. The zero-order valence-electron chi connectivity index (χ0n) is 19.7. The van der Waals surface area contributed by atoms with E-state index in [-0.39, 0.29) is 0 Å². The third-order valence-corrected chi connectivity index (χ3v) is 6.33. The van der Waals surface area contributed by atoms with Gasteiger partial charge in [0.15, 0.2) is 5.75 Å². The Hall–Kier alpha value is -4.30. The average Bonchev–Trinajstić information content (AvgIpc) is 2.88. The van der Waals surface area contributed by atoms with Gasteiger partial charge in [-0.25, -0.2) is 8.42 Å². The highest BCUT2D eigenvalue weighted by Crippen LogP contribution is 2.29. The number of hydrogen-bond acceptors (Lipinski definition) is 5. The van der Waals surface area contributed by atoms with E-state index in [1.54, 1.807) is 60.7 Å². The summed E-state index contributed by atoms with van der Waals surface area (Å²) in [6, 6.07) is 32.4. The summed E-state index contributed by atoms with van der Waals surface area (Å²) in [4.78, 5) is 12.9. The first kappa shape index (κ1) is 24.8. The van der Waals surface area contributed by atoms with Gasteiger partial charge in [0.1, 0.15) is 24.7 Å². The molecule has 0 aliphatic rings. The lowest BCUT2D eigenvalue weighted by molar-refractivity contribution is -0.114. The van der Waals surface area contributed by atoms with Crippen molar-refractivity contribution in [2.24, 2.45) is 0 Å². The van der Waals surface area contributed by atoms with Gasteiger partial charge in [-0.3, -0.25) is 9.10 Å². The van der Waals surface area contributed by atoms with Gasteiger partial charge in [-0.1, -0.05) is 60.7 Å². The minimum Gasteiger partial charge on any atom is -0.489 e. The van der Waals surface area contributed by atoms with E-state index in [0.717, 1.165) is 16.1 Å². The van der Waals surface area contributed by atoms with Crippen LogP contribution in [-0.2, 0) is 21.4 Å². The molecule has 0 unspecified atom stereocenters. The van der Waals surface area contributed by atoms with Gasteiger partial charge in [0.05, 0.1) is 17.6 Å². The lowest BCUT2D eigenvalue weighted by atomic mass is 10.2. The van der Waals surface area contributed by atoms with Crippen LogP contribution in [0.5, 0.6) is 17.2 Å². The van der Waals surface area contributed by atoms with Crippen molar-refractivity contribution in [2.45, 2.75) is 6.61 Å². The highest BCUT2D eigenvalue weighted by Gasteiger charge is 2.21. The Morgan fingerprint density at radius 3 is 2.06 bits per heavy atom. The zero-order valence-corrected chi connectivity index (χ0v) is 20.5. The van der Waals surface area contributed by atoms with E-state index in [2.05, 4.69) is 5.32 Å². The van der Waals surface area contributed by atoms with Crippen LogP contribution < -0.4 is 19.1 Å². The fraction of sp³-hybridized carbons (Fsp3) is 0.107. The van der Waals surface area contributed by atoms with Gasteiger partial charge < -0.3 is 14.8 Å². The highest BCUT2D eigenvalue weighted by molar-refractivity contribution is 7.92. The van der Waals surface area contributed by atoms with Crippen LogP contribution in [0.1, 0.15) is 5.56 Å². The number of benzene rings is 4. The lowest BCUT2D eigenvalue weighted by Gasteiger charge is -2.22. The number of carbonyl (C=O) groups excluding carboxylic acids is 1. The fourth-order valence-corrected chi connectivity index (χ4v) is 4.30. The molecular formula is C28H26N2O5S. The van der Waals surface area contributed by atoms with Gasteiger partial charge in [0.2, 0.25) is 15.9 Å². The van der Waals surface area contributed by atoms with Crippen molar-refractivity contribution < 1.29 is 22.7 Å². The molecule has 0 aromatic heterocycles. The molecule has 1 N–H and O–H groups in total. The largest absolute Gasteiger partial charge is 0.489 e. The van der Waals surface area contributed by atoms with E-state index in [9.17, 15) is 13.2 Å². The summed E-state index contributed by atoms with van der Waals surface area (Å²) in [5.41, 5.74) is 1.81. The minimum atomic E-state index is -3.73. The molecule has 0 radical (unpaired) electrons. The number of nitrogens with one attached hydrogen (secondary N) is 1. The molecule has 0 spiro atoms. The third-order valence-electron chi connectivity index (χ3n) is 5.19. The average molecular weight is 503 g/mol. The molecule has 7 nitrogen and oxygen atoms in total. The molecule has 0 saturated heterocycles. The van der Waals surface area contributed by atoms with E-state index in [1.807, 2.05) is 48.5 Å². The second kappa shape index (κ2) is 11.4. The molecule has 0 aliphatic heterocycles. The Balaban J connectivity index is 1.44. The first-order valence-electron chi connectivity index (χ1n) is 11.2. The first-order valence-corrected chi connectivity index (χ1v) is 13.1. The van der Waals surface area contributed by atoms with Crippen molar-refractivity contribution >= 4 is 27.3 Å². The number of carbonyl (C=O) groups is 1. The van der Waals surface area contributed by atoms with Crippen LogP contribution >= 0.6 is 0 Å². The fourth-order valence-electron chi connectivity index (χ4n) is 3.44. The zero-order chi connectivity index (χ0) is 25.4. The Labute approximate surface area is 211 Å². The minimum absolute atomic E-state index is 0.355. The molecule has 1 amide bonds. The van der Waals surface area contributed by atoms with Crippen LogP contribution in [0.25, 0.3) is 0 Å². The summed E-state index contributed by atoms with van der Waals surface area (Å²) >= 11 is 0. The summed E-state index contributed by atoms with van der Waals surface area (Å²) in [7, 11) is -3.73. The van der Waals surface area contributed by atoms with Gasteiger partial charge in [-0.15, -0.1) is 0 Å². The van der Waals surface area contributed by atoms with Gasteiger partial charge in [0, 0.05) is 0 Å². The summed E-state index contributed by atoms with van der Waals surface area (Å²) in [6.07, 6.45) is 1.06. The van der Waals surface area contributed by atoms with Crippen LogP contribution in [0, 0.1) is 0 Å². The van der Waals surface area contributed by atoms with Crippen molar-refractivity contribution in [1.29, 1.82) is 0 Å². The summed E-state index contributed by atoms with van der Waals surface area (Å²) in [5, 5.41) is 2.76. The molecule has 36 heavy (non-hydrogen) atoms. The second-order valence-corrected chi connectivity index (χ2v) is 9.90. The Bertz CT molecular complexity index is 1390. The number of anilines is 2. The molecule has 4 aromatic carbocycles. The van der Waals surface area contributed by atoms with E-state index in [0.29, 0.717) is 35.2 Å². The molecule has 184 valence electrons. The Morgan fingerprint density at radius 1 is 0.778 bits per heavy atom. The van der Waals surface area contributed by atoms with Crippen molar-refractivity contribution in [3.05, 3.63) is 115 Å². The number of hydrogen-bond donors (Lipinski definition) is 1. The number of sulfonamides is 1. The van der Waals surface area contributed by atoms with Crippen molar-refractivity contribution in [3.63, 3.8) is 0 Å². The summed E-state index contributed by atoms with van der Waals surface area (Å²) < 4.78 is 37.7. The van der Waals surface area contributed by atoms with Gasteiger partial charge in [-0.05, 0) is 54.1 Å². The number of para-hydroxylation sites is 3. The number of nitrogens with zero attached hydrogens (tertiary/aromatic N) is 1. The van der Waals surface area contributed by atoms with Crippen LogP contribution in [0.3, 0.4) is 0 Å². The third kappa shape index (κ3) is 6.86. The quantitative estimate of drug-likeness (QED) is 0.311. The predicted molar refractivity (Wildman–Crippen MR) is 141 cm³/mol. The van der Waals surface area contributed by atoms with Crippen molar-refractivity contribution in [1.82, 2.24) is 0 Å². The molecule has 0 bridgehead atoms. The van der Waals surface area contributed by atoms with Crippen LogP contribution in [0.15, 0.2) is 109 Å². The predicted octanol–water partition coefficient (Wildman–Crippen LogP) is 5.46. The SMILES string of the molecule is CS(=O)(=O)N(CC(=O)Nc1ccccc1Oc1ccccc1)c1ccc(OCc2ccccc2)cc1. The van der Waals surface area contributed by atoms with Crippen LogP contribution in [-0.4, -0.2) is 27.1 Å². The van der Waals surface area contributed by atoms with E-state index < -0.39 is 22.5 Å². The Kier molecular flexibility index (Phi) is 7.87. The van der Waals surface area contributed by atoms with Gasteiger partial charge >= 0.3 is 0 Å². The number of rotatable bonds is 10. The molecule has 0 saturated carbocycles. The van der Waals surface area contributed by atoms with Crippen molar-refractivity contribution in [2.75, 3.05) is 22.4 Å². The number of amides is 1. The van der Waals surface area contributed by atoms with E-state index >= 15 is 0 Å². The van der Waals surface area contributed by atoms with Crippen LogP contribution in [0.2, 0.25) is 0 Å². The van der Waals surface area contributed by atoms with E-state index in [4.69, 9.17) is 9.47 Å². The standard InChI is InChI=1S/C28H26N2O5S/c1-36(32,33)30(23-16-18-24(19-17-23)34-21-22-10-4-2-5-11-22)20-28(31)29-26-14-8-9-15-27(26)35-25-12-6-3-7-13-25/h2-19H,20-21H2,1H3,(H,29,31). The normalized spacial score (nSPS) is 10.9. The molecular weight excluding hydrogens is 476 g/mol. The number of ether oxygens (including phenoxy) is 2. The lowest BCUT2D eigenvalue weighted by Crippen LogP contribution is -2.37. The first-order chi connectivity index (χ1) is 17.4. The molecule has 8 heteroatoms. The van der Waals surface area contributed by atoms with E-state index in [1.165, 1.54) is 0 Å². The smallest absolute Gasteiger partial charge is 0.245 e. The molecule has 0 heterocycles. The van der Waals surface area contributed by atoms with Crippen molar-refractivity contribution in [3.8, 4) is 17.2 Å². The molecule has 4 aromatic rings. The second-order valence-electron chi connectivity index (χ2n) is 8.00. The highest BCUT2D eigenvalue weighted by atomic mass is 32.2. The maximum atomic E-state index is 12.9.